The van der Waals surface area contributed by atoms with Crippen molar-refractivity contribution in [2.24, 2.45) is 0 Å². The van der Waals surface area contributed by atoms with Crippen LogP contribution in [0.5, 0.6) is 0 Å². The lowest BCUT2D eigenvalue weighted by atomic mass is 10.7. The van der Waals surface area contributed by atoms with E-state index in [2.05, 4.69) is 5.73 Å². The lowest BCUT2D eigenvalue weighted by Crippen LogP contribution is -1.51. The van der Waals surface area contributed by atoms with Crippen molar-refractivity contribution >= 4 is 34.8 Å². The van der Waals surface area contributed by atoms with Gasteiger partial charge in [-0.15, -0.1) is 11.6 Å². The Bertz CT molecular complexity index is 95.5. The molecular weight excluding hydrogens is 154 g/mol. The predicted molar refractivity (Wildman–Crippen MR) is 34.0 cm³/mol. The predicted octanol–water partition coefficient (Wildman–Crippen LogP) is 2.70. The highest BCUT2D eigenvalue weighted by Gasteiger charge is 1.71. The van der Waals surface area contributed by atoms with E-state index in [1.54, 1.807) is 0 Å². The minimum Gasteiger partial charge on any atom is -0.122 e. The van der Waals surface area contributed by atoms with Gasteiger partial charge in [0.2, 0.25) is 0 Å². The van der Waals surface area contributed by atoms with Crippen molar-refractivity contribution in [2.45, 2.75) is 0 Å². The van der Waals surface area contributed by atoms with Gasteiger partial charge in [-0.25, -0.2) is 0 Å². The summed E-state index contributed by atoms with van der Waals surface area (Å²) < 4.78 is 0.112. The smallest absolute Gasteiger partial charge is 0.122 e. The van der Waals surface area contributed by atoms with Gasteiger partial charge in [-0.2, -0.15) is 0 Å². The lowest BCUT2D eigenvalue weighted by Gasteiger charge is -1.67. The molecule has 0 nitrogen and oxygen atoms in total. The average Bonchev–Trinajstić information content (AvgIpc) is 1.61. The molecule has 7 heavy (non-hydrogen) atoms. The number of allylic oxidation sites excluding steroid dienone is 1. The molecule has 0 amide bonds. The van der Waals surface area contributed by atoms with Gasteiger partial charge in [-0.05, 0) is 6.08 Å². The normalized spacial score (nSPS) is 7.29. The van der Waals surface area contributed by atoms with E-state index in [1.165, 1.54) is 6.08 Å². The van der Waals surface area contributed by atoms with Crippen molar-refractivity contribution < 1.29 is 0 Å². The average molecular weight is 157 g/mol. The molecule has 0 saturated heterocycles. The van der Waals surface area contributed by atoms with E-state index < -0.39 is 0 Å². The number of halogens is 3. The summed E-state index contributed by atoms with van der Waals surface area (Å²) in [6.45, 7) is 0. The first-order valence-electron chi connectivity index (χ1n) is 1.59. The summed E-state index contributed by atoms with van der Waals surface area (Å²) in [5, 5.41) is 0. The molecule has 3 heteroatoms. The van der Waals surface area contributed by atoms with Gasteiger partial charge in [0.25, 0.3) is 0 Å². The lowest BCUT2D eigenvalue weighted by molar-refractivity contribution is 1.78. The number of alkyl halides is 1. The highest BCUT2D eigenvalue weighted by molar-refractivity contribution is 6.55. The molecule has 0 heterocycles. The van der Waals surface area contributed by atoms with Crippen molar-refractivity contribution in [2.75, 3.05) is 5.88 Å². The minimum atomic E-state index is 0.112. The second-order valence-corrected chi connectivity index (χ2v) is 2.02. The third-order valence-electron chi connectivity index (χ3n) is 0.288. The highest BCUT2D eigenvalue weighted by Crippen LogP contribution is 2.02. The van der Waals surface area contributed by atoms with Crippen molar-refractivity contribution in [1.82, 2.24) is 0 Å². The Kier molecular flexibility index (Phi) is 4.80. The van der Waals surface area contributed by atoms with Gasteiger partial charge in [-0.3, -0.25) is 0 Å². The molecule has 0 unspecified atom stereocenters. The maximum atomic E-state index is 5.20. The van der Waals surface area contributed by atoms with Gasteiger partial charge < -0.3 is 0 Å². The Balaban J connectivity index is 3.62. The summed E-state index contributed by atoms with van der Waals surface area (Å²) in [6, 6.07) is 0. The van der Waals surface area contributed by atoms with Gasteiger partial charge in [0.15, 0.2) is 0 Å². The summed E-state index contributed by atoms with van der Waals surface area (Å²) >= 11 is 15.5. The van der Waals surface area contributed by atoms with E-state index in [4.69, 9.17) is 34.8 Å². The first-order valence-corrected chi connectivity index (χ1v) is 2.88. The molecule has 0 aromatic heterocycles. The van der Waals surface area contributed by atoms with E-state index in [9.17, 15) is 0 Å². The molecular formula is C4H3Cl3. The van der Waals surface area contributed by atoms with Crippen LogP contribution in [-0.4, -0.2) is 5.88 Å². The van der Waals surface area contributed by atoms with E-state index in [0.717, 1.165) is 0 Å². The monoisotopic (exact) mass is 156 g/mol. The topological polar surface area (TPSA) is 0 Å². The summed E-state index contributed by atoms with van der Waals surface area (Å²) in [7, 11) is 0. The van der Waals surface area contributed by atoms with Crippen LogP contribution in [0.3, 0.4) is 0 Å². The van der Waals surface area contributed by atoms with Gasteiger partial charge in [0.05, 0.1) is 0 Å². The third-order valence-corrected chi connectivity index (χ3v) is 0.661. The van der Waals surface area contributed by atoms with E-state index in [0.29, 0.717) is 5.88 Å². The minimum absolute atomic E-state index is 0.112. The van der Waals surface area contributed by atoms with Crippen LogP contribution >= 0.6 is 34.8 Å². The molecule has 40 valence electrons. The van der Waals surface area contributed by atoms with Crippen molar-refractivity contribution in [3.63, 3.8) is 0 Å². The molecule has 0 atom stereocenters. The fourth-order valence-electron chi connectivity index (χ4n) is 0.116. The van der Waals surface area contributed by atoms with Crippen molar-refractivity contribution in [3.05, 3.63) is 16.3 Å². The van der Waals surface area contributed by atoms with Gasteiger partial charge in [0, 0.05) is 5.88 Å². The first kappa shape index (κ1) is 7.39. The number of hydrogen-bond donors (Lipinski definition) is 0. The van der Waals surface area contributed by atoms with Crippen LogP contribution in [0.2, 0.25) is 0 Å². The first-order chi connectivity index (χ1) is 3.27. The van der Waals surface area contributed by atoms with Crippen LogP contribution in [0.4, 0.5) is 0 Å². The van der Waals surface area contributed by atoms with Crippen LogP contribution in [0, 0.1) is 0 Å². The third kappa shape index (κ3) is 6.39. The summed E-state index contributed by atoms with van der Waals surface area (Å²) in [4.78, 5) is 0. The Morgan fingerprint density at radius 2 is 2.14 bits per heavy atom. The second-order valence-electron chi connectivity index (χ2n) is 0.763. The molecule has 0 saturated carbocycles. The van der Waals surface area contributed by atoms with Gasteiger partial charge in [0.1, 0.15) is 4.49 Å². The summed E-state index contributed by atoms with van der Waals surface area (Å²) in [5.74, 6) is 0.392. The standard InChI is InChI=1S/C4H3Cl3/c5-3-1-2-4(6)7/h1H,3H2. The number of rotatable bonds is 1. The Morgan fingerprint density at radius 1 is 1.57 bits per heavy atom. The fourth-order valence-corrected chi connectivity index (χ4v) is 0.347. The maximum absolute atomic E-state index is 5.20. The van der Waals surface area contributed by atoms with Crippen LogP contribution in [0.1, 0.15) is 0 Å². The summed E-state index contributed by atoms with van der Waals surface area (Å²) in [5.41, 5.74) is 2.49. The van der Waals surface area contributed by atoms with Crippen molar-refractivity contribution in [1.29, 1.82) is 0 Å². The molecule has 0 fully saturated rings. The van der Waals surface area contributed by atoms with E-state index >= 15 is 0 Å². The van der Waals surface area contributed by atoms with Crippen molar-refractivity contribution in [3.8, 4) is 0 Å². The second kappa shape index (κ2) is 4.55. The molecule has 0 radical (unpaired) electrons. The van der Waals surface area contributed by atoms with E-state index in [1.807, 2.05) is 0 Å². The van der Waals surface area contributed by atoms with Gasteiger partial charge in [-0.1, -0.05) is 28.9 Å². The molecule has 0 aromatic rings. The Labute approximate surface area is 57.4 Å². The Morgan fingerprint density at radius 3 is 2.29 bits per heavy atom. The maximum Gasteiger partial charge on any atom is 0.148 e. The summed E-state index contributed by atoms with van der Waals surface area (Å²) in [6.07, 6.45) is 1.54. The Hall–Kier alpha value is 0.390. The van der Waals surface area contributed by atoms with Crippen LogP contribution in [-0.2, 0) is 0 Å². The zero-order valence-electron chi connectivity index (χ0n) is 3.42. The van der Waals surface area contributed by atoms with Crippen LogP contribution in [0.25, 0.3) is 0 Å². The molecule has 0 aromatic carbocycles. The zero-order chi connectivity index (χ0) is 5.70. The molecule has 0 aliphatic carbocycles. The van der Waals surface area contributed by atoms with Gasteiger partial charge >= 0.3 is 0 Å². The SMILES string of the molecule is ClCC=C=C(Cl)Cl. The molecule has 0 rings (SSSR count). The molecule has 0 aliphatic heterocycles. The molecule has 0 N–H and O–H groups in total. The highest BCUT2D eigenvalue weighted by atomic mass is 35.5. The molecule has 0 bridgehead atoms. The molecule has 0 aliphatic rings. The number of hydrogen-bond acceptors (Lipinski definition) is 0. The van der Waals surface area contributed by atoms with Crippen LogP contribution < -0.4 is 0 Å². The zero-order valence-corrected chi connectivity index (χ0v) is 5.69. The van der Waals surface area contributed by atoms with Crippen LogP contribution in [0.15, 0.2) is 16.3 Å². The largest absolute Gasteiger partial charge is 0.148 e. The quantitative estimate of drug-likeness (QED) is 0.405. The molecule has 0 spiro atoms. The van der Waals surface area contributed by atoms with E-state index in [-0.39, 0.29) is 4.49 Å². The fraction of sp³-hybridized carbons (Fsp3) is 0.250.